The molecule has 2 aromatic rings. The van der Waals surface area contributed by atoms with Crippen LogP contribution < -0.4 is 11.1 Å². The Morgan fingerprint density at radius 3 is 2.10 bits per heavy atom. The van der Waals surface area contributed by atoms with Crippen LogP contribution in [0.4, 0.5) is 0 Å². The minimum Gasteiger partial charge on any atom is -0.481 e. The molecule has 0 spiro atoms. The van der Waals surface area contributed by atoms with Crippen molar-refractivity contribution in [3.8, 4) is 11.1 Å². The lowest BCUT2D eigenvalue weighted by Crippen LogP contribution is -2.43. The van der Waals surface area contributed by atoms with Crippen LogP contribution in [0.5, 0.6) is 0 Å². The highest BCUT2D eigenvalue weighted by Crippen LogP contribution is 2.20. The van der Waals surface area contributed by atoms with E-state index in [1.807, 2.05) is 54.6 Å². The standard InChI is InChI=1S/C22H24N2O5/c1-14(22(28)29)11-18(24-21(27)19(25)13-20(23)26)12-15-7-9-17(10-8-15)16-5-3-2-4-6-16/h2-10,14,18H,11-13H2,1H3,(H2,23,26)(H,24,27)(H,28,29)/t14-,18+/m1/s1. The van der Waals surface area contributed by atoms with Crippen molar-refractivity contribution in [3.63, 3.8) is 0 Å². The molecule has 0 bridgehead atoms. The van der Waals surface area contributed by atoms with Crippen molar-refractivity contribution < 1.29 is 24.3 Å². The van der Waals surface area contributed by atoms with Gasteiger partial charge in [0.1, 0.15) is 0 Å². The lowest BCUT2D eigenvalue weighted by Gasteiger charge is -2.20. The maximum absolute atomic E-state index is 12.1. The summed E-state index contributed by atoms with van der Waals surface area (Å²) in [4.78, 5) is 45.9. The van der Waals surface area contributed by atoms with Gasteiger partial charge in [-0.1, -0.05) is 61.5 Å². The zero-order valence-electron chi connectivity index (χ0n) is 16.1. The molecule has 0 radical (unpaired) electrons. The zero-order chi connectivity index (χ0) is 21.4. The second kappa shape index (κ2) is 10.2. The average molecular weight is 396 g/mol. The fraction of sp³-hybridized carbons (Fsp3) is 0.273. The van der Waals surface area contributed by atoms with Gasteiger partial charge in [-0.05, 0) is 29.5 Å². The number of aliphatic carboxylic acids is 1. The summed E-state index contributed by atoms with van der Waals surface area (Å²) in [6, 6.07) is 17.0. The summed E-state index contributed by atoms with van der Waals surface area (Å²) in [6.07, 6.45) is -0.188. The minimum atomic E-state index is -0.993. The van der Waals surface area contributed by atoms with Crippen LogP contribution in [0.25, 0.3) is 11.1 Å². The van der Waals surface area contributed by atoms with E-state index in [4.69, 9.17) is 5.73 Å². The third-order valence-corrected chi connectivity index (χ3v) is 4.53. The molecule has 4 N–H and O–H groups in total. The van der Waals surface area contributed by atoms with Crippen molar-refractivity contribution in [1.29, 1.82) is 0 Å². The molecule has 0 aliphatic carbocycles. The number of Topliss-reactive ketones (excluding diaryl/α,β-unsaturated/α-hetero) is 1. The molecule has 0 aromatic heterocycles. The zero-order valence-corrected chi connectivity index (χ0v) is 16.1. The third kappa shape index (κ3) is 6.88. The summed E-state index contributed by atoms with van der Waals surface area (Å²) in [5.41, 5.74) is 7.94. The van der Waals surface area contributed by atoms with Gasteiger partial charge in [0.05, 0.1) is 12.3 Å². The van der Waals surface area contributed by atoms with Gasteiger partial charge in [0, 0.05) is 6.04 Å². The number of carboxylic acids is 1. The Balaban J connectivity index is 2.12. The van der Waals surface area contributed by atoms with E-state index in [-0.39, 0.29) is 6.42 Å². The van der Waals surface area contributed by atoms with Gasteiger partial charge in [0.25, 0.3) is 5.91 Å². The molecule has 152 valence electrons. The normalized spacial score (nSPS) is 12.6. The predicted octanol–water partition coefficient (Wildman–Crippen LogP) is 1.94. The SMILES string of the molecule is C[C@H](C[C@@H](Cc1ccc(-c2ccccc2)cc1)NC(=O)C(=O)CC(N)=O)C(=O)O. The van der Waals surface area contributed by atoms with Crippen LogP contribution in [0.1, 0.15) is 25.3 Å². The van der Waals surface area contributed by atoms with E-state index in [1.54, 1.807) is 0 Å². The van der Waals surface area contributed by atoms with E-state index in [0.29, 0.717) is 6.42 Å². The van der Waals surface area contributed by atoms with Crippen molar-refractivity contribution in [2.75, 3.05) is 0 Å². The lowest BCUT2D eigenvalue weighted by molar-refractivity contribution is -0.142. The van der Waals surface area contributed by atoms with Crippen LogP contribution >= 0.6 is 0 Å². The lowest BCUT2D eigenvalue weighted by atomic mass is 9.94. The van der Waals surface area contributed by atoms with Crippen LogP contribution in [-0.2, 0) is 25.6 Å². The topological polar surface area (TPSA) is 127 Å². The smallest absolute Gasteiger partial charge is 0.306 e. The van der Waals surface area contributed by atoms with Crippen LogP contribution in [0, 0.1) is 5.92 Å². The molecule has 2 aromatic carbocycles. The minimum absolute atomic E-state index is 0.144. The Kier molecular flexibility index (Phi) is 7.65. The van der Waals surface area contributed by atoms with Gasteiger partial charge in [0.2, 0.25) is 11.7 Å². The number of nitrogens with one attached hydrogen (secondary N) is 1. The van der Waals surface area contributed by atoms with Crippen LogP contribution in [0.2, 0.25) is 0 Å². The summed E-state index contributed by atoms with van der Waals surface area (Å²) < 4.78 is 0. The van der Waals surface area contributed by atoms with Crippen molar-refractivity contribution in [2.24, 2.45) is 11.7 Å². The molecule has 7 heteroatoms. The summed E-state index contributed by atoms with van der Waals surface area (Å²) in [5.74, 6) is -4.48. The molecule has 0 saturated carbocycles. The van der Waals surface area contributed by atoms with Crippen LogP contribution in [-0.4, -0.2) is 34.7 Å². The molecule has 0 unspecified atom stereocenters. The number of primary amides is 1. The number of amides is 2. The Morgan fingerprint density at radius 2 is 1.55 bits per heavy atom. The number of nitrogens with two attached hydrogens (primary N) is 1. The Hall–Kier alpha value is -3.48. The molecule has 2 amide bonds. The maximum Gasteiger partial charge on any atom is 0.306 e. The van der Waals surface area contributed by atoms with Crippen LogP contribution in [0.15, 0.2) is 54.6 Å². The van der Waals surface area contributed by atoms with Crippen molar-refractivity contribution in [1.82, 2.24) is 5.32 Å². The van der Waals surface area contributed by atoms with Gasteiger partial charge in [-0.3, -0.25) is 19.2 Å². The number of rotatable bonds is 10. The number of hydrogen-bond acceptors (Lipinski definition) is 4. The monoisotopic (exact) mass is 396 g/mol. The number of carboxylic acid groups (broad SMARTS) is 1. The van der Waals surface area contributed by atoms with Crippen molar-refractivity contribution in [2.45, 2.75) is 32.2 Å². The van der Waals surface area contributed by atoms with Gasteiger partial charge in [-0.15, -0.1) is 0 Å². The van der Waals surface area contributed by atoms with Crippen LogP contribution in [0.3, 0.4) is 0 Å². The predicted molar refractivity (Wildman–Crippen MR) is 108 cm³/mol. The van der Waals surface area contributed by atoms with E-state index in [9.17, 15) is 24.3 Å². The third-order valence-electron chi connectivity index (χ3n) is 4.53. The Labute approximate surface area is 168 Å². The van der Waals surface area contributed by atoms with Crippen molar-refractivity contribution >= 4 is 23.6 Å². The highest BCUT2D eigenvalue weighted by molar-refractivity contribution is 6.39. The van der Waals surface area contributed by atoms with Gasteiger partial charge >= 0.3 is 5.97 Å². The van der Waals surface area contributed by atoms with Crippen molar-refractivity contribution in [3.05, 3.63) is 60.2 Å². The number of carbonyl (C=O) groups is 4. The first-order chi connectivity index (χ1) is 13.8. The molecule has 0 fully saturated rings. The average Bonchev–Trinajstić information content (AvgIpc) is 2.68. The Bertz CT molecular complexity index is 878. The highest BCUT2D eigenvalue weighted by Gasteiger charge is 2.24. The first kappa shape index (κ1) is 21.8. The number of hydrogen-bond donors (Lipinski definition) is 3. The van der Waals surface area contributed by atoms with Gasteiger partial charge in [0.15, 0.2) is 0 Å². The van der Waals surface area contributed by atoms with E-state index >= 15 is 0 Å². The number of benzene rings is 2. The molecule has 0 heterocycles. The highest BCUT2D eigenvalue weighted by atomic mass is 16.4. The quantitative estimate of drug-likeness (QED) is 0.418. The summed E-state index contributed by atoms with van der Waals surface area (Å²) in [6.45, 7) is 1.53. The van der Waals surface area contributed by atoms with Gasteiger partial charge in [-0.2, -0.15) is 0 Å². The first-order valence-corrected chi connectivity index (χ1v) is 9.25. The molecule has 0 aliphatic rings. The van der Waals surface area contributed by atoms with E-state index < -0.39 is 41.9 Å². The maximum atomic E-state index is 12.1. The first-order valence-electron chi connectivity index (χ1n) is 9.25. The summed E-state index contributed by atoms with van der Waals surface area (Å²) in [5, 5.41) is 11.7. The Morgan fingerprint density at radius 1 is 0.966 bits per heavy atom. The molecule has 0 saturated heterocycles. The van der Waals surface area contributed by atoms with Gasteiger partial charge < -0.3 is 16.2 Å². The van der Waals surface area contributed by atoms with E-state index in [0.717, 1.165) is 16.7 Å². The second-order valence-corrected chi connectivity index (χ2v) is 6.98. The molecular weight excluding hydrogens is 372 g/mol. The fourth-order valence-electron chi connectivity index (χ4n) is 2.97. The number of carbonyl (C=O) groups excluding carboxylic acids is 3. The molecule has 2 rings (SSSR count). The molecule has 0 aliphatic heterocycles. The summed E-state index contributed by atoms with van der Waals surface area (Å²) >= 11 is 0. The van der Waals surface area contributed by atoms with E-state index in [1.165, 1.54) is 6.92 Å². The number of ketones is 1. The summed E-state index contributed by atoms with van der Waals surface area (Å²) in [7, 11) is 0. The van der Waals surface area contributed by atoms with E-state index in [2.05, 4.69) is 5.32 Å². The van der Waals surface area contributed by atoms with Gasteiger partial charge in [-0.25, -0.2) is 0 Å². The molecule has 7 nitrogen and oxygen atoms in total. The molecule has 29 heavy (non-hydrogen) atoms. The molecule has 2 atom stereocenters. The molecular formula is C22H24N2O5. The fourth-order valence-corrected chi connectivity index (χ4v) is 2.97. The second-order valence-electron chi connectivity index (χ2n) is 6.98. The largest absolute Gasteiger partial charge is 0.481 e.